The van der Waals surface area contributed by atoms with Crippen LogP contribution in [-0.2, 0) is 5.75 Å². The van der Waals surface area contributed by atoms with Crippen LogP contribution < -0.4 is 5.73 Å². The Morgan fingerprint density at radius 3 is 2.15 bits per heavy atom. The van der Waals surface area contributed by atoms with Crippen LogP contribution in [0.4, 0.5) is 0 Å². The van der Waals surface area contributed by atoms with Gasteiger partial charge in [-0.25, -0.2) is 0 Å². The molecule has 0 aliphatic carbocycles. The van der Waals surface area contributed by atoms with E-state index in [9.17, 15) is 0 Å². The highest BCUT2D eigenvalue weighted by molar-refractivity contribution is 7.98. The predicted octanol–water partition coefficient (Wildman–Crippen LogP) is 5.01. The monoisotopic (exact) mass is 285 g/mol. The molecule has 0 amide bonds. The van der Waals surface area contributed by atoms with E-state index >= 15 is 0 Å². The number of benzene rings is 2. The van der Waals surface area contributed by atoms with Crippen LogP contribution in [0.15, 0.2) is 47.4 Å². The van der Waals surface area contributed by atoms with E-state index in [4.69, 9.17) is 5.73 Å². The summed E-state index contributed by atoms with van der Waals surface area (Å²) in [7, 11) is 0. The van der Waals surface area contributed by atoms with Gasteiger partial charge in [0.15, 0.2) is 0 Å². The molecule has 0 saturated carbocycles. The molecule has 0 heterocycles. The van der Waals surface area contributed by atoms with E-state index < -0.39 is 0 Å². The molecule has 1 atom stereocenters. The average molecular weight is 285 g/mol. The van der Waals surface area contributed by atoms with Gasteiger partial charge in [0.2, 0.25) is 0 Å². The molecule has 20 heavy (non-hydrogen) atoms. The van der Waals surface area contributed by atoms with E-state index in [1.54, 1.807) is 0 Å². The smallest absolute Gasteiger partial charge is 0.0292 e. The molecule has 2 aromatic rings. The average Bonchev–Trinajstić information content (AvgIpc) is 2.44. The third-order valence-corrected chi connectivity index (χ3v) is 4.52. The fraction of sp³-hybridized carbons (Fsp3) is 0.333. The van der Waals surface area contributed by atoms with Crippen molar-refractivity contribution in [2.45, 2.75) is 43.9 Å². The van der Waals surface area contributed by atoms with Crippen molar-refractivity contribution in [1.29, 1.82) is 0 Å². The number of hydrogen-bond donors (Lipinski definition) is 1. The molecule has 0 bridgehead atoms. The van der Waals surface area contributed by atoms with Gasteiger partial charge < -0.3 is 5.73 Å². The molecule has 0 aromatic heterocycles. The number of aryl methyl sites for hydroxylation is 2. The van der Waals surface area contributed by atoms with E-state index in [1.807, 2.05) is 11.8 Å². The lowest BCUT2D eigenvalue weighted by Gasteiger charge is -2.10. The summed E-state index contributed by atoms with van der Waals surface area (Å²) in [6.07, 6.45) is 0.981. The Hall–Kier alpha value is -1.25. The molecule has 0 radical (unpaired) electrons. The van der Waals surface area contributed by atoms with Crippen molar-refractivity contribution in [2.24, 2.45) is 5.73 Å². The second kappa shape index (κ2) is 6.96. The first-order valence-electron chi connectivity index (χ1n) is 7.14. The molecule has 2 N–H and O–H groups in total. The summed E-state index contributed by atoms with van der Waals surface area (Å²) < 4.78 is 0. The number of hydrogen-bond acceptors (Lipinski definition) is 2. The molecule has 0 saturated heterocycles. The van der Waals surface area contributed by atoms with Crippen molar-refractivity contribution in [3.05, 3.63) is 64.7 Å². The molecular weight excluding hydrogens is 262 g/mol. The van der Waals surface area contributed by atoms with Crippen molar-refractivity contribution in [3.8, 4) is 0 Å². The summed E-state index contributed by atoms with van der Waals surface area (Å²) in [5.74, 6) is 1.02. The highest BCUT2D eigenvalue weighted by atomic mass is 32.2. The summed E-state index contributed by atoms with van der Waals surface area (Å²) in [4.78, 5) is 1.30. The Kier molecular flexibility index (Phi) is 5.27. The fourth-order valence-electron chi connectivity index (χ4n) is 2.37. The highest BCUT2D eigenvalue weighted by Crippen LogP contribution is 2.25. The minimum atomic E-state index is 0.161. The molecule has 1 nitrogen and oxygen atoms in total. The molecule has 2 rings (SSSR count). The van der Waals surface area contributed by atoms with Crippen molar-refractivity contribution in [2.75, 3.05) is 0 Å². The molecule has 0 spiro atoms. The van der Waals surface area contributed by atoms with Crippen molar-refractivity contribution >= 4 is 11.8 Å². The highest BCUT2D eigenvalue weighted by Gasteiger charge is 2.03. The molecule has 0 fully saturated rings. The van der Waals surface area contributed by atoms with Crippen LogP contribution in [0, 0.1) is 13.8 Å². The molecule has 2 heteroatoms. The predicted molar refractivity (Wildman–Crippen MR) is 89.1 cm³/mol. The van der Waals surface area contributed by atoms with E-state index in [0.717, 1.165) is 12.2 Å². The quantitative estimate of drug-likeness (QED) is 0.782. The SMILES string of the molecule is CC[C@H](N)c1ccc(SCc2cc(C)cc(C)c2)cc1. The zero-order valence-electron chi connectivity index (χ0n) is 12.5. The normalized spacial score (nSPS) is 12.4. The maximum atomic E-state index is 6.04. The summed E-state index contributed by atoms with van der Waals surface area (Å²) in [6.45, 7) is 6.43. The summed E-state index contributed by atoms with van der Waals surface area (Å²) in [5.41, 5.74) is 11.3. The van der Waals surface area contributed by atoms with Gasteiger partial charge in [0.25, 0.3) is 0 Å². The molecule has 0 unspecified atom stereocenters. The number of nitrogens with two attached hydrogens (primary N) is 1. The lowest BCUT2D eigenvalue weighted by atomic mass is 10.1. The second-order valence-electron chi connectivity index (χ2n) is 5.37. The zero-order valence-corrected chi connectivity index (χ0v) is 13.3. The summed E-state index contributed by atoms with van der Waals surface area (Å²) in [6, 6.07) is 15.6. The van der Waals surface area contributed by atoms with Crippen LogP contribution in [0.5, 0.6) is 0 Å². The first kappa shape index (κ1) is 15.1. The Labute approximate surface area is 126 Å². The van der Waals surface area contributed by atoms with Crippen LogP contribution in [0.3, 0.4) is 0 Å². The Morgan fingerprint density at radius 2 is 1.60 bits per heavy atom. The van der Waals surface area contributed by atoms with Gasteiger partial charge in [-0.2, -0.15) is 0 Å². The molecular formula is C18H23NS. The zero-order chi connectivity index (χ0) is 14.5. The van der Waals surface area contributed by atoms with E-state index in [-0.39, 0.29) is 6.04 Å². The molecule has 106 valence electrons. The first-order chi connectivity index (χ1) is 9.58. The van der Waals surface area contributed by atoms with E-state index in [1.165, 1.54) is 27.1 Å². The lowest BCUT2D eigenvalue weighted by molar-refractivity contribution is 0.698. The van der Waals surface area contributed by atoms with Gasteiger partial charge in [-0.1, -0.05) is 48.4 Å². The van der Waals surface area contributed by atoms with Gasteiger partial charge in [-0.15, -0.1) is 11.8 Å². The van der Waals surface area contributed by atoms with Gasteiger partial charge in [0.1, 0.15) is 0 Å². The maximum Gasteiger partial charge on any atom is 0.0292 e. The number of rotatable bonds is 5. The van der Waals surface area contributed by atoms with Crippen LogP contribution in [0.2, 0.25) is 0 Å². The lowest BCUT2D eigenvalue weighted by Crippen LogP contribution is -2.07. The summed E-state index contributed by atoms with van der Waals surface area (Å²) in [5, 5.41) is 0. The van der Waals surface area contributed by atoms with Crippen molar-refractivity contribution in [3.63, 3.8) is 0 Å². The van der Waals surface area contributed by atoms with E-state index in [0.29, 0.717) is 0 Å². The Morgan fingerprint density at radius 1 is 1.00 bits per heavy atom. The van der Waals surface area contributed by atoms with Crippen LogP contribution in [0.25, 0.3) is 0 Å². The third kappa shape index (κ3) is 4.12. The largest absolute Gasteiger partial charge is 0.324 e. The summed E-state index contributed by atoms with van der Waals surface area (Å²) >= 11 is 1.88. The van der Waals surface area contributed by atoms with Gasteiger partial charge >= 0.3 is 0 Å². The second-order valence-corrected chi connectivity index (χ2v) is 6.42. The molecule has 0 aliphatic heterocycles. The Balaban J connectivity index is 2.00. The van der Waals surface area contributed by atoms with E-state index in [2.05, 4.69) is 63.2 Å². The van der Waals surface area contributed by atoms with Crippen LogP contribution in [0.1, 0.15) is 41.6 Å². The Bertz CT molecular complexity index is 540. The van der Waals surface area contributed by atoms with Crippen molar-refractivity contribution in [1.82, 2.24) is 0 Å². The van der Waals surface area contributed by atoms with Gasteiger partial charge in [0, 0.05) is 16.7 Å². The van der Waals surface area contributed by atoms with Gasteiger partial charge in [-0.3, -0.25) is 0 Å². The minimum Gasteiger partial charge on any atom is -0.324 e. The molecule has 0 aliphatic rings. The maximum absolute atomic E-state index is 6.04. The number of thioether (sulfide) groups is 1. The fourth-order valence-corrected chi connectivity index (χ4v) is 3.19. The minimum absolute atomic E-state index is 0.161. The topological polar surface area (TPSA) is 26.0 Å². The molecule has 2 aromatic carbocycles. The van der Waals surface area contributed by atoms with Gasteiger partial charge in [-0.05, 0) is 43.5 Å². The van der Waals surface area contributed by atoms with Crippen molar-refractivity contribution < 1.29 is 0 Å². The van der Waals surface area contributed by atoms with Crippen LogP contribution >= 0.6 is 11.8 Å². The van der Waals surface area contributed by atoms with Crippen LogP contribution in [-0.4, -0.2) is 0 Å². The standard InChI is InChI=1S/C18H23NS/c1-4-18(19)16-5-7-17(8-6-16)20-12-15-10-13(2)9-14(3)11-15/h5-11,18H,4,12,19H2,1-3H3/t18-/m0/s1. The first-order valence-corrected chi connectivity index (χ1v) is 8.12. The third-order valence-electron chi connectivity index (χ3n) is 3.44. The van der Waals surface area contributed by atoms with Gasteiger partial charge in [0.05, 0.1) is 0 Å².